The van der Waals surface area contributed by atoms with Crippen molar-refractivity contribution in [3.05, 3.63) is 22.1 Å². The Morgan fingerprint density at radius 2 is 2.50 bits per heavy atom. The van der Waals surface area contributed by atoms with Crippen LogP contribution in [0.3, 0.4) is 0 Å². The lowest BCUT2D eigenvalue weighted by atomic mass is 10.2. The molecule has 0 saturated heterocycles. The smallest absolute Gasteiger partial charge is 0.296 e. The third-order valence-electron chi connectivity index (χ3n) is 1.46. The van der Waals surface area contributed by atoms with Gasteiger partial charge in [0, 0.05) is 11.8 Å². The highest BCUT2D eigenvalue weighted by Gasteiger charge is 2.00. The van der Waals surface area contributed by atoms with Gasteiger partial charge < -0.3 is 10.5 Å². The number of aromatic amines is 1. The summed E-state index contributed by atoms with van der Waals surface area (Å²) < 4.78 is 4.73. The molecule has 0 unspecified atom stereocenters. The zero-order valence-electron chi connectivity index (χ0n) is 6.83. The van der Waals surface area contributed by atoms with E-state index in [0.717, 1.165) is 0 Å². The van der Waals surface area contributed by atoms with Crippen LogP contribution in [0.2, 0.25) is 0 Å². The van der Waals surface area contributed by atoms with Crippen molar-refractivity contribution < 1.29 is 4.74 Å². The molecule has 1 aromatic rings. The van der Waals surface area contributed by atoms with Crippen LogP contribution in [-0.4, -0.2) is 23.6 Å². The highest BCUT2D eigenvalue weighted by Crippen LogP contribution is 1.95. The standard InChI is InChI=1S/C7H11N3O2/c1-12-7-9-4-5(2-3-8)6(11)10-7/h4H,2-3,8H2,1H3,(H,9,10,11). The van der Waals surface area contributed by atoms with Crippen LogP contribution in [0.15, 0.2) is 11.0 Å². The fourth-order valence-corrected chi connectivity index (χ4v) is 0.842. The number of nitrogens with one attached hydrogen (secondary N) is 1. The lowest BCUT2D eigenvalue weighted by Crippen LogP contribution is -2.17. The number of ether oxygens (including phenoxy) is 1. The first-order valence-electron chi connectivity index (χ1n) is 3.60. The number of nitrogens with two attached hydrogens (primary N) is 1. The highest BCUT2D eigenvalue weighted by molar-refractivity contribution is 5.08. The van der Waals surface area contributed by atoms with Gasteiger partial charge in [-0.05, 0) is 13.0 Å². The van der Waals surface area contributed by atoms with Crippen molar-refractivity contribution in [3.63, 3.8) is 0 Å². The van der Waals surface area contributed by atoms with Crippen LogP contribution >= 0.6 is 0 Å². The van der Waals surface area contributed by atoms with E-state index in [1.165, 1.54) is 13.3 Å². The van der Waals surface area contributed by atoms with E-state index in [0.29, 0.717) is 18.5 Å². The van der Waals surface area contributed by atoms with E-state index >= 15 is 0 Å². The Labute approximate surface area is 69.6 Å². The van der Waals surface area contributed by atoms with Gasteiger partial charge in [0.2, 0.25) is 0 Å². The molecule has 0 radical (unpaired) electrons. The third kappa shape index (κ3) is 1.82. The molecular weight excluding hydrogens is 158 g/mol. The topological polar surface area (TPSA) is 81.0 Å². The van der Waals surface area contributed by atoms with Crippen molar-refractivity contribution in [1.82, 2.24) is 9.97 Å². The van der Waals surface area contributed by atoms with Crippen molar-refractivity contribution >= 4 is 0 Å². The number of H-pyrrole nitrogens is 1. The van der Waals surface area contributed by atoms with Crippen molar-refractivity contribution in [3.8, 4) is 6.01 Å². The monoisotopic (exact) mass is 169 g/mol. The molecule has 0 aliphatic heterocycles. The van der Waals surface area contributed by atoms with E-state index in [1.807, 2.05) is 0 Å². The first kappa shape index (κ1) is 8.73. The van der Waals surface area contributed by atoms with Crippen LogP contribution in [0.25, 0.3) is 0 Å². The fraction of sp³-hybridized carbons (Fsp3) is 0.429. The zero-order valence-corrected chi connectivity index (χ0v) is 6.83. The molecule has 0 saturated carbocycles. The molecule has 0 aromatic carbocycles. The summed E-state index contributed by atoms with van der Waals surface area (Å²) in [5, 5.41) is 0. The molecule has 66 valence electrons. The molecule has 0 aliphatic carbocycles. The van der Waals surface area contributed by atoms with Gasteiger partial charge in [0.25, 0.3) is 11.6 Å². The summed E-state index contributed by atoms with van der Waals surface area (Å²) in [7, 11) is 1.45. The number of aromatic nitrogens is 2. The second-order valence-electron chi connectivity index (χ2n) is 2.29. The Kier molecular flexibility index (Phi) is 2.82. The van der Waals surface area contributed by atoms with Crippen molar-refractivity contribution in [2.45, 2.75) is 6.42 Å². The van der Waals surface area contributed by atoms with E-state index in [9.17, 15) is 4.79 Å². The van der Waals surface area contributed by atoms with Gasteiger partial charge in [-0.1, -0.05) is 0 Å². The molecule has 5 heteroatoms. The molecule has 1 aromatic heterocycles. The predicted molar refractivity (Wildman–Crippen MR) is 44.2 cm³/mol. The largest absolute Gasteiger partial charge is 0.468 e. The average Bonchev–Trinajstić information content (AvgIpc) is 2.09. The van der Waals surface area contributed by atoms with Gasteiger partial charge in [-0.15, -0.1) is 0 Å². The van der Waals surface area contributed by atoms with Gasteiger partial charge in [0.15, 0.2) is 0 Å². The number of nitrogens with zero attached hydrogens (tertiary/aromatic N) is 1. The van der Waals surface area contributed by atoms with Crippen LogP contribution in [-0.2, 0) is 6.42 Å². The summed E-state index contributed by atoms with van der Waals surface area (Å²) in [6, 6.07) is 0.223. The third-order valence-corrected chi connectivity index (χ3v) is 1.46. The van der Waals surface area contributed by atoms with Crippen LogP contribution in [0, 0.1) is 0 Å². The van der Waals surface area contributed by atoms with Crippen molar-refractivity contribution in [1.29, 1.82) is 0 Å². The number of rotatable bonds is 3. The zero-order chi connectivity index (χ0) is 8.97. The molecule has 1 rings (SSSR count). The summed E-state index contributed by atoms with van der Waals surface area (Å²) in [6.07, 6.45) is 2.01. The average molecular weight is 169 g/mol. The van der Waals surface area contributed by atoms with Crippen LogP contribution in [0.5, 0.6) is 6.01 Å². The van der Waals surface area contributed by atoms with Crippen molar-refractivity contribution in [2.24, 2.45) is 5.73 Å². The van der Waals surface area contributed by atoms with Gasteiger partial charge in [-0.25, -0.2) is 4.98 Å². The van der Waals surface area contributed by atoms with E-state index in [1.54, 1.807) is 0 Å². The minimum Gasteiger partial charge on any atom is -0.468 e. The van der Waals surface area contributed by atoms with E-state index in [-0.39, 0.29) is 11.6 Å². The normalized spacial score (nSPS) is 9.83. The van der Waals surface area contributed by atoms with Crippen LogP contribution in [0.1, 0.15) is 5.56 Å². The minimum absolute atomic E-state index is 0.188. The minimum atomic E-state index is -0.188. The predicted octanol–water partition coefficient (Wildman–Crippen LogP) is -0.720. The van der Waals surface area contributed by atoms with E-state index in [4.69, 9.17) is 10.5 Å². The van der Waals surface area contributed by atoms with Gasteiger partial charge in [-0.2, -0.15) is 0 Å². The number of hydrogen-bond donors (Lipinski definition) is 2. The molecular formula is C7H11N3O2. The van der Waals surface area contributed by atoms with Gasteiger partial charge in [0.1, 0.15) is 0 Å². The molecule has 0 amide bonds. The quantitative estimate of drug-likeness (QED) is 0.625. The lowest BCUT2D eigenvalue weighted by Gasteiger charge is -1.99. The molecule has 3 N–H and O–H groups in total. The molecule has 0 spiro atoms. The van der Waals surface area contributed by atoms with Gasteiger partial charge >= 0.3 is 0 Å². The molecule has 5 nitrogen and oxygen atoms in total. The molecule has 0 fully saturated rings. The number of methoxy groups -OCH3 is 1. The Bertz CT molecular complexity index is 308. The second kappa shape index (κ2) is 3.87. The van der Waals surface area contributed by atoms with Crippen LogP contribution in [0.4, 0.5) is 0 Å². The molecule has 12 heavy (non-hydrogen) atoms. The maximum atomic E-state index is 11.2. The summed E-state index contributed by atoms with van der Waals surface area (Å²) in [6.45, 7) is 0.442. The Morgan fingerprint density at radius 1 is 1.75 bits per heavy atom. The Balaban J connectivity index is 2.96. The lowest BCUT2D eigenvalue weighted by molar-refractivity contribution is 0.377. The molecule has 1 heterocycles. The highest BCUT2D eigenvalue weighted by atomic mass is 16.5. The SMILES string of the molecule is COc1ncc(CCN)c(=O)[nH]1. The van der Waals surface area contributed by atoms with Gasteiger partial charge in [0.05, 0.1) is 7.11 Å². The Morgan fingerprint density at radius 3 is 3.00 bits per heavy atom. The van der Waals surface area contributed by atoms with E-state index < -0.39 is 0 Å². The first-order valence-corrected chi connectivity index (χ1v) is 3.60. The summed E-state index contributed by atoms with van der Waals surface area (Å²) in [5.41, 5.74) is 5.68. The Hall–Kier alpha value is -1.36. The summed E-state index contributed by atoms with van der Waals surface area (Å²) in [5.74, 6) is 0. The first-order chi connectivity index (χ1) is 5.77. The molecule has 0 aliphatic rings. The summed E-state index contributed by atoms with van der Waals surface area (Å²) >= 11 is 0. The summed E-state index contributed by atoms with van der Waals surface area (Å²) in [4.78, 5) is 17.5. The van der Waals surface area contributed by atoms with E-state index in [2.05, 4.69) is 9.97 Å². The second-order valence-corrected chi connectivity index (χ2v) is 2.29. The maximum absolute atomic E-state index is 11.2. The maximum Gasteiger partial charge on any atom is 0.296 e. The fourth-order valence-electron chi connectivity index (χ4n) is 0.842. The van der Waals surface area contributed by atoms with Gasteiger partial charge in [-0.3, -0.25) is 9.78 Å². The van der Waals surface area contributed by atoms with Crippen molar-refractivity contribution in [2.75, 3.05) is 13.7 Å². The molecule has 0 atom stereocenters. The van der Waals surface area contributed by atoms with Crippen LogP contribution < -0.4 is 16.0 Å². The number of hydrogen-bond acceptors (Lipinski definition) is 4. The molecule has 0 bridgehead atoms.